The molecule has 0 spiro atoms. The summed E-state index contributed by atoms with van der Waals surface area (Å²) in [5.41, 5.74) is 7.14. The lowest BCUT2D eigenvalue weighted by atomic mass is 9.92. The van der Waals surface area contributed by atoms with Crippen LogP contribution in [0.1, 0.15) is 35.1 Å². The van der Waals surface area contributed by atoms with Gasteiger partial charge in [0.25, 0.3) is 0 Å². The topological polar surface area (TPSA) is 31.2 Å². The second-order valence-electron chi connectivity index (χ2n) is 8.39. The van der Waals surface area contributed by atoms with E-state index in [9.17, 15) is 0 Å². The van der Waals surface area contributed by atoms with Gasteiger partial charge in [-0.25, -0.2) is 0 Å². The van der Waals surface area contributed by atoms with Gasteiger partial charge in [0, 0.05) is 0 Å². The molecule has 0 saturated carbocycles. The number of benzene rings is 2. The Morgan fingerprint density at radius 1 is 0.594 bits per heavy atom. The maximum absolute atomic E-state index is 6.64. The summed E-state index contributed by atoms with van der Waals surface area (Å²) < 4.78 is 0. The van der Waals surface area contributed by atoms with Crippen LogP contribution >= 0.6 is 23.2 Å². The highest BCUT2D eigenvalue weighted by Gasteiger charge is 2.19. The number of hydrogen-bond donors (Lipinski definition) is 0. The summed E-state index contributed by atoms with van der Waals surface area (Å²) in [6, 6.07) is 16.7. The molecule has 0 radical (unpaired) electrons. The van der Waals surface area contributed by atoms with E-state index in [1.165, 1.54) is 11.1 Å². The lowest BCUT2D eigenvalue weighted by molar-refractivity contribution is 0.141. The summed E-state index contributed by atoms with van der Waals surface area (Å²) in [6.45, 7) is 3.35. The van der Waals surface area contributed by atoms with Crippen LogP contribution in [0.15, 0.2) is 69.9 Å². The Labute approximate surface area is 199 Å². The normalized spacial score (nSPS) is 19.2. The minimum Gasteiger partial charge on any atom is -0.293 e. The average molecular weight is 465 g/mol. The molecule has 1 aliphatic heterocycles. The van der Waals surface area contributed by atoms with E-state index in [1.807, 2.05) is 24.6 Å². The van der Waals surface area contributed by atoms with Gasteiger partial charge in [-0.05, 0) is 59.1 Å². The molecule has 5 rings (SSSR count). The molecular formula is C26H26Cl2N4. The van der Waals surface area contributed by atoms with Gasteiger partial charge in [-0.1, -0.05) is 71.7 Å². The summed E-state index contributed by atoms with van der Waals surface area (Å²) in [4.78, 5) is 0. The minimum absolute atomic E-state index is 0.832. The van der Waals surface area contributed by atoms with Crippen LogP contribution in [0.4, 0.5) is 0 Å². The molecule has 4 nitrogen and oxygen atoms in total. The summed E-state index contributed by atoms with van der Waals surface area (Å²) >= 11 is 13.3. The number of rotatable bonds is 4. The SMILES string of the molecule is ClC1=C(C=NN2CCN(N=CC3=C(Cl)c4ccccc4CC3)CC2)CCc2ccccc21. The Balaban J connectivity index is 1.18. The van der Waals surface area contributed by atoms with Crippen LogP contribution in [0.2, 0.25) is 0 Å². The minimum atomic E-state index is 0.832. The number of hydrogen-bond acceptors (Lipinski definition) is 4. The molecule has 0 atom stereocenters. The lowest BCUT2D eigenvalue weighted by Gasteiger charge is -2.31. The van der Waals surface area contributed by atoms with Gasteiger partial charge in [0.1, 0.15) is 0 Å². The highest BCUT2D eigenvalue weighted by atomic mass is 35.5. The van der Waals surface area contributed by atoms with Crippen LogP contribution in [0.5, 0.6) is 0 Å². The Morgan fingerprint density at radius 3 is 1.44 bits per heavy atom. The van der Waals surface area contributed by atoms with Crippen molar-refractivity contribution in [1.82, 2.24) is 10.0 Å². The van der Waals surface area contributed by atoms with Crippen molar-refractivity contribution in [3.63, 3.8) is 0 Å². The Bertz CT molecular complexity index is 1030. The van der Waals surface area contributed by atoms with Crippen molar-refractivity contribution >= 4 is 45.7 Å². The monoisotopic (exact) mass is 464 g/mol. The van der Waals surface area contributed by atoms with Crippen LogP contribution in [-0.4, -0.2) is 48.6 Å². The van der Waals surface area contributed by atoms with Crippen molar-refractivity contribution in [2.45, 2.75) is 25.7 Å². The molecule has 6 heteroatoms. The Kier molecular flexibility index (Phi) is 6.33. The molecule has 0 N–H and O–H groups in total. The van der Waals surface area contributed by atoms with Gasteiger partial charge in [0.05, 0.1) is 48.7 Å². The van der Waals surface area contributed by atoms with Crippen molar-refractivity contribution in [2.24, 2.45) is 10.2 Å². The summed E-state index contributed by atoms with van der Waals surface area (Å²) in [6.07, 6.45) is 7.78. The van der Waals surface area contributed by atoms with E-state index in [2.05, 4.69) is 46.4 Å². The van der Waals surface area contributed by atoms with E-state index in [-0.39, 0.29) is 0 Å². The predicted molar refractivity (Wildman–Crippen MR) is 135 cm³/mol. The van der Waals surface area contributed by atoms with E-state index in [0.717, 1.165) is 84.2 Å². The Morgan fingerprint density at radius 2 is 1.00 bits per heavy atom. The number of piperazine rings is 1. The van der Waals surface area contributed by atoms with Crippen LogP contribution in [0.25, 0.3) is 10.1 Å². The first-order chi connectivity index (χ1) is 15.7. The number of nitrogens with zero attached hydrogens (tertiary/aromatic N) is 4. The fourth-order valence-electron chi connectivity index (χ4n) is 4.47. The molecule has 2 aromatic carbocycles. The van der Waals surface area contributed by atoms with Gasteiger partial charge in [-0.15, -0.1) is 0 Å². The van der Waals surface area contributed by atoms with Crippen molar-refractivity contribution in [1.29, 1.82) is 0 Å². The largest absolute Gasteiger partial charge is 0.293 e. The van der Waals surface area contributed by atoms with E-state index in [4.69, 9.17) is 33.4 Å². The zero-order chi connectivity index (χ0) is 21.9. The Hall–Kier alpha value is -2.56. The average Bonchev–Trinajstić information content (AvgIpc) is 2.84. The molecule has 0 amide bonds. The molecule has 1 fully saturated rings. The van der Waals surface area contributed by atoms with E-state index in [0.29, 0.717) is 0 Å². The number of hydrazone groups is 2. The molecule has 2 aromatic rings. The molecule has 1 saturated heterocycles. The van der Waals surface area contributed by atoms with Gasteiger partial charge in [-0.3, -0.25) is 10.0 Å². The molecule has 164 valence electrons. The number of allylic oxidation sites excluding steroid dienone is 2. The third kappa shape index (κ3) is 4.48. The first-order valence-corrected chi connectivity index (χ1v) is 12.0. The molecule has 0 bridgehead atoms. The van der Waals surface area contributed by atoms with Crippen molar-refractivity contribution in [2.75, 3.05) is 26.2 Å². The van der Waals surface area contributed by atoms with Crippen LogP contribution in [0.3, 0.4) is 0 Å². The molecular weight excluding hydrogens is 439 g/mol. The summed E-state index contributed by atoms with van der Waals surface area (Å²) in [5, 5.41) is 15.3. The zero-order valence-corrected chi connectivity index (χ0v) is 19.5. The standard InChI is InChI=1S/C26H26Cl2N4/c27-25-21(11-9-19-5-1-3-7-23(19)25)17-29-31-13-15-32(16-14-31)30-18-22-12-10-20-6-2-4-8-24(20)26(22)28/h1-8,17-18H,9-16H2. The summed E-state index contributed by atoms with van der Waals surface area (Å²) in [5.74, 6) is 0. The van der Waals surface area contributed by atoms with Gasteiger partial charge in [-0.2, -0.15) is 10.2 Å². The second kappa shape index (κ2) is 9.51. The highest BCUT2D eigenvalue weighted by molar-refractivity contribution is 6.51. The third-order valence-corrected chi connectivity index (χ3v) is 7.28. The van der Waals surface area contributed by atoms with E-state index < -0.39 is 0 Å². The molecule has 32 heavy (non-hydrogen) atoms. The molecule has 0 unspecified atom stereocenters. The maximum Gasteiger partial charge on any atom is 0.0553 e. The quantitative estimate of drug-likeness (QED) is 0.537. The van der Waals surface area contributed by atoms with E-state index >= 15 is 0 Å². The lowest BCUT2D eigenvalue weighted by Crippen LogP contribution is -2.41. The van der Waals surface area contributed by atoms with Gasteiger partial charge in [0.15, 0.2) is 0 Å². The smallest absolute Gasteiger partial charge is 0.0553 e. The number of halogens is 2. The molecule has 2 aliphatic carbocycles. The first kappa shape index (κ1) is 21.3. The fourth-order valence-corrected chi connectivity index (χ4v) is 5.13. The predicted octanol–water partition coefficient (Wildman–Crippen LogP) is 5.77. The van der Waals surface area contributed by atoms with Crippen molar-refractivity contribution in [3.05, 3.63) is 81.9 Å². The van der Waals surface area contributed by atoms with Gasteiger partial charge < -0.3 is 0 Å². The van der Waals surface area contributed by atoms with Crippen molar-refractivity contribution < 1.29 is 0 Å². The van der Waals surface area contributed by atoms with E-state index in [1.54, 1.807) is 0 Å². The van der Waals surface area contributed by atoms with Crippen molar-refractivity contribution in [3.8, 4) is 0 Å². The highest BCUT2D eigenvalue weighted by Crippen LogP contribution is 2.34. The van der Waals surface area contributed by atoms with Crippen LogP contribution in [-0.2, 0) is 12.8 Å². The fraction of sp³-hybridized carbons (Fsp3) is 0.308. The summed E-state index contributed by atoms with van der Waals surface area (Å²) in [7, 11) is 0. The van der Waals surface area contributed by atoms with Gasteiger partial charge in [0.2, 0.25) is 0 Å². The first-order valence-electron chi connectivity index (χ1n) is 11.2. The van der Waals surface area contributed by atoms with Gasteiger partial charge >= 0.3 is 0 Å². The van der Waals surface area contributed by atoms with Crippen LogP contribution in [0, 0.1) is 0 Å². The molecule has 0 aromatic heterocycles. The number of fused-ring (bicyclic) bond motifs is 2. The molecule has 1 heterocycles. The molecule has 3 aliphatic rings. The third-order valence-electron chi connectivity index (χ3n) is 6.39. The maximum atomic E-state index is 6.64. The number of aryl methyl sites for hydroxylation is 2. The van der Waals surface area contributed by atoms with Crippen LogP contribution < -0.4 is 0 Å². The zero-order valence-electron chi connectivity index (χ0n) is 18.0. The second-order valence-corrected chi connectivity index (χ2v) is 9.15.